The van der Waals surface area contributed by atoms with Crippen molar-refractivity contribution in [3.63, 3.8) is 0 Å². The second kappa shape index (κ2) is 8.51. The number of thiophene rings is 1. The third kappa shape index (κ3) is 5.85. The van der Waals surface area contributed by atoms with Gasteiger partial charge >= 0.3 is 0 Å². The van der Waals surface area contributed by atoms with Gasteiger partial charge in [0.05, 0.1) is 0 Å². The van der Waals surface area contributed by atoms with Gasteiger partial charge in [-0.2, -0.15) is 0 Å². The highest BCUT2D eigenvalue weighted by Gasteiger charge is 2.22. The first kappa shape index (κ1) is 17.4. The van der Waals surface area contributed by atoms with Crippen LogP contribution in [-0.2, 0) is 10.2 Å². The summed E-state index contributed by atoms with van der Waals surface area (Å²) in [4.78, 5) is 12.9. The van der Waals surface area contributed by atoms with Crippen molar-refractivity contribution in [3.05, 3.63) is 22.4 Å². The molecular formula is C13H23ClN2OS. The predicted molar refractivity (Wildman–Crippen MR) is 80.8 cm³/mol. The third-order valence-electron chi connectivity index (χ3n) is 2.75. The molecule has 5 heteroatoms. The molecule has 0 saturated heterocycles. The van der Waals surface area contributed by atoms with Crippen molar-refractivity contribution < 1.29 is 4.79 Å². The summed E-state index contributed by atoms with van der Waals surface area (Å²) in [5, 5.41) is 8.12. The quantitative estimate of drug-likeness (QED) is 0.758. The van der Waals surface area contributed by atoms with Crippen molar-refractivity contribution in [1.82, 2.24) is 10.6 Å². The Morgan fingerprint density at radius 3 is 2.72 bits per heavy atom. The molecule has 0 aliphatic heterocycles. The maximum absolute atomic E-state index is 11.6. The van der Waals surface area contributed by atoms with Crippen LogP contribution in [0, 0.1) is 0 Å². The molecule has 0 aliphatic rings. The van der Waals surface area contributed by atoms with Gasteiger partial charge in [-0.25, -0.2) is 0 Å². The summed E-state index contributed by atoms with van der Waals surface area (Å²) in [5.41, 5.74) is 0.0207. The summed E-state index contributed by atoms with van der Waals surface area (Å²) < 4.78 is 0. The van der Waals surface area contributed by atoms with E-state index in [1.165, 1.54) is 4.88 Å². The normalized spacial score (nSPS) is 10.8. The van der Waals surface area contributed by atoms with E-state index in [0.29, 0.717) is 13.0 Å². The van der Waals surface area contributed by atoms with Crippen molar-refractivity contribution >= 4 is 29.7 Å². The van der Waals surface area contributed by atoms with Crippen LogP contribution in [0.15, 0.2) is 17.5 Å². The Morgan fingerprint density at radius 2 is 2.17 bits per heavy atom. The molecule has 18 heavy (non-hydrogen) atoms. The molecule has 0 fully saturated rings. The van der Waals surface area contributed by atoms with Gasteiger partial charge in [0, 0.05) is 23.3 Å². The first-order valence-electron chi connectivity index (χ1n) is 6.01. The van der Waals surface area contributed by atoms with E-state index >= 15 is 0 Å². The number of carbonyl (C=O) groups excluding carboxylic acids is 1. The standard InChI is InChI=1S/C13H22N2OS.ClH/c1-13(2,11-6-5-9-17-11)10-15-12(16)7-4-8-14-3;/h5-6,9,14H,4,7-8,10H2,1-3H3,(H,15,16);1H. The lowest BCUT2D eigenvalue weighted by atomic mass is 9.91. The molecule has 0 aliphatic carbocycles. The first-order valence-corrected chi connectivity index (χ1v) is 6.89. The average molecular weight is 291 g/mol. The van der Waals surface area contributed by atoms with E-state index in [0.717, 1.165) is 13.0 Å². The fourth-order valence-electron chi connectivity index (χ4n) is 1.58. The second-order valence-electron chi connectivity index (χ2n) is 4.85. The second-order valence-corrected chi connectivity index (χ2v) is 5.79. The Bertz CT molecular complexity index is 339. The van der Waals surface area contributed by atoms with Gasteiger partial charge in [0.2, 0.25) is 5.91 Å². The Balaban J connectivity index is 0.00000289. The van der Waals surface area contributed by atoms with E-state index in [1.807, 2.05) is 7.05 Å². The van der Waals surface area contributed by atoms with Gasteiger partial charge in [-0.05, 0) is 31.5 Å². The maximum atomic E-state index is 11.6. The molecule has 0 aromatic carbocycles. The lowest BCUT2D eigenvalue weighted by molar-refractivity contribution is -0.121. The fourth-order valence-corrected chi connectivity index (χ4v) is 2.44. The molecule has 0 radical (unpaired) electrons. The molecule has 0 spiro atoms. The van der Waals surface area contributed by atoms with E-state index in [4.69, 9.17) is 0 Å². The molecule has 0 saturated carbocycles. The van der Waals surface area contributed by atoms with Crippen LogP contribution < -0.4 is 10.6 Å². The summed E-state index contributed by atoms with van der Waals surface area (Å²) in [6, 6.07) is 4.17. The lowest BCUT2D eigenvalue weighted by Crippen LogP contribution is -2.36. The zero-order valence-corrected chi connectivity index (χ0v) is 12.9. The van der Waals surface area contributed by atoms with E-state index in [-0.39, 0.29) is 23.7 Å². The molecule has 104 valence electrons. The monoisotopic (exact) mass is 290 g/mol. The molecular weight excluding hydrogens is 268 g/mol. The van der Waals surface area contributed by atoms with Crippen LogP contribution >= 0.6 is 23.7 Å². The molecule has 0 bridgehead atoms. The number of halogens is 1. The first-order chi connectivity index (χ1) is 8.06. The largest absolute Gasteiger partial charge is 0.355 e. The van der Waals surface area contributed by atoms with E-state index in [1.54, 1.807) is 11.3 Å². The van der Waals surface area contributed by atoms with Gasteiger partial charge in [0.15, 0.2) is 0 Å². The van der Waals surface area contributed by atoms with Crippen molar-refractivity contribution in [2.45, 2.75) is 32.1 Å². The summed E-state index contributed by atoms with van der Waals surface area (Å²) in [7, 11) is 1.90. The van der Waals surface area contributed by atoms with Crippen molar-refractivity contribution in [2.24, 2.45) is 0 Å². The average Bonchev–Trinajstić information content (AvgIpc) is 2.81. The van der Waals surface area contributed by atoms with Gasteiger partial charge in [0.1, 0.15) is 0 Å². The SMILES string of the molecule is CNCCCC(=O)NCC(C)(C)c1cccs1.Cl. The summed E-state index contributed by atoms with van der Waals surface area (Å²) >= 11 is 1.74. The minimum atomic E-state index is 0. The van der Waals surface area contributed by atoms with Gasteiger partial charge < -0.3 is 10.6 Å². The molecule has 1 heterocycles. The molecule has 2 N–H and O–H groups in total. The van der Waals surface area contributed by atoms with Crippen LogP contribution in [-0.4, -0.2) is 26.0 Å². The summed E-state index contributed by atoms with van der Waals surface area (Å²) in [6.07, 6.45) is 1.49. The molecule has 1 amide bonds. The lowest BCUT2D eigenvalue weighted by Gasteiger charge is -2.23. The minimum absolute atomic E-state index is 0. The van der Waals surface area contributed by atoms with Crippen molar-refractivity contribution in [1.29, 1.82) is 0 Å². The van der Waals surface area contributed by atoms with Crippen LogP contribution in [0.3, 0.4) is 0 Å². The minimum Gasteiger partial charge on any atom is -0.355 e. The van der Waals surface area contributed by atoms with Gasteiger partial charge in [0.25, 0.3) is 0 Å². The van der Waals surface area contributed by atoms with Crippen LogP contribution in [0.1, 0.15) is 31.6 Å². The van der Waals surface area contributed by atoms with E-state index < -0.39 is 0 Å². The van der Waals surface area contributed by atoms with Crippen LogP contribution in [0.25, 0.3) is 0 Å². The van der Waals surface area contributed by atoms with Crippen LogP contribution in [0.2, 0.25) is 0 Å². The molecule has 3 nitrogen and oxygen atoms in total. The van der Waals surface area contributed by atoms with E-state index in [9.17, 15) is 4.79 Å². The Morgan fingerprint density at radius 1 is 1.44 bits per heavy atom. The molecule has 1 rings (SSSR count). The van der Waals surface area contributed by atoms with Gasteiger partial charge in [-0.15, -0.1) is 23.7 Å². The smallest absolute Gasteiger partial charge is 0.220 e. The molecule has 0 atom stereocenters. The molecule has 1 aromatic heterocycles. The Hall–Kier alpha value is -0.580. The molecule has 0 unspecified atom stereocenters. The zero-order chi connectivity index (χ0) is 12.7. The number of nitrogens with one attached hydrogen (secondary N) is 2. The highest BCUT2D eigenvalue weighted by molar-refractivity contribution is 7.10. The van der Waals surface area contributed by atoms with Crippen molar-refractivity contribution in [2.75, 3.05) is 20.1 Å². The number of hydrogen-bond acceptors (Lipinski definition) is 3. The number of carbonyl (C=O) groups is 1. The van der Waals surface area contributed by atoms with Crippen molar-refractivity contribution in [3.8, 4) is 0 Å². The summed E-state index contributed by atoms with van der Waals surface area (Å²) in [6.45, 7) is 5.91. The number of rotatable bonds is 7. The number of hydrogen-bond donors (Lipinski definition) is 2. The van der Waals surface area contributed by atoms with Crippen LogP contribution in [0.5, 0.6) is 0 Å². The highest BCUT2D eigenvalue weighted by Crippen LogP contribution is 2.26. The Labute approximate surface area is 120 Å². The van der Waals surface area contributed by atoms with Gasteiger partial charge in [-0.1, -0.05) is 19.9 Å². The Kier molecular flexibility index (Phi) is 8.24. The van der Waals surface area contributed by atoms with Gasteiger partial charge in [-0.3, -0.25) is 4.79 Å². The molecule has 1 aromatic rings. The topological polar surface area (TPSA) is 41.1 Å². The maximum Gasteiger partial charge on any atom is 0.220 e. The van der Waals surface area contributed by atoms with E-state index in [2.05, 4.69) is 42.0 Å². The van der Waals surface area contributed by atoms with Crippen LogP contribution in [0.4, 0.5) is 0 Å². The highest BCUT2D eigenvalue weighted by atomic mass is 35.5. The number of amides is 1. The third-order valence-corrected chi connectivity index (χ3v) is 3.98. The zero-order valence-electron chi connectivity index (χ0n) is 11.3. The fraction of sp³-hybridized carbons (Fsp3) is 0.615. The predicted octanol–water partition coefficient (Wildman–Crippen LogP) is 2.56. The summed E-state index contributed by atoms with van der Waals surface area (Å²) in [5.74, 6) is 0.143.